The first-order valence-corrected chi connectivity index (χ1v) is 0.289. The van der Waals surface area contributed by atoms with E-state index in [0.29, 0.717) is 0 Å². The molecule has 26 valence electrons. The predicted octanol–water partition coefficient (Wildman–Crippen LogP) is -1.64. The summed E-state index contributed by atoms with van der Waals surface area (Å²) in [6.45, 7) is 2.00. The monoisotopic (exact) mass is 160 g/mol. The van der Waals surface area contributed by atoms with Gasteiger partial charge in [-0.2, -0.15) is 0 Å². The smallest absolute Gasteiger partial charge is 0.106 e. The largest absolute Gasteiger partial charge is 0.307 e. The van der Waals surface area contributed by atoms with Crippen molar-refractivity contribution in [2.24, 2.45) is 0 Å². The molecule has 0 aromatic heterocycles. The maximum atomic E-state index is 8.00. The van der Waals surface area contributed by atoms with Crippen molar-refractivity contribution in [1.82, 2.24) is 0 Å². The van der Waals surface area contributed by atoms with E-state index in [9.17, 15) is 0 Å². The fourth-order valence-electron chi connectivity index (χ4n) is 0. The second kappa shape index (κ2) is 71.7. The molecule has 0 aliphatic heterocycles. The average molecular weight is 158 g/mol. The van der Waals surface area contributed by atoms with Crippen LogP contribution in [0.4, 0.5) is 0 Å². The minimum absolute atomic E-state index is 0. The average Bonchev–Trinajstić information content (AvgIpc) is 1.00. The molecule has 0 amide bonds. The molecule has 0 saturated carbocycles. The van der Waals surface area contributed by atoms with Gasteiger partial charge in [-0.1, -0.05) is 0 Å². The number of hydrogen-bond donors (Lipinski definition) is 0. The Bertz CT molecular complexity index is 8.00. The van der Waals surface area contributed by atoms with E-state index in [2.05, 4.69) is 0 Å². The summed E-state index contributed by atoms with van der Waals surface area (Å²) in [4.78, 5) is 8.00. The fourth-order valence-corrected chi connectivity index (χ4v) is 0. The summed E-state index contributed by atoms with van der Waals surface area (Å²) in [5.74, 6) is 0. The number of carbonyl (C=O) groups is 1. The van der Waals surface area contributed by atoms with Crippen LogP contribution in [0.2, 0.25) is 0 Å². The molecule has 1 nitrogen and oxygen atoms in total. The molecule has 0 rings (SSSR count). The Kier molecular flexibility index (Phi) is 422. The van der Waals surface area contributed by atoms with Crippen LogP contribution < -0.4 is 0 Å². The van der Waals surface area contributed by atoms with Crippen molar-refractivity contribution in [2.45, 2.75) is 0 Å². The molecule has 0 N–H and O–H groups in total. The van der Waals surface area contributed by atoms with Crippen LogP contribution in [-0.4, -0.2) is 17.8 Å². The van der Waals surface area contributed by atoms with Crippen molar-refractivity contribution >= 4 is 17.8 Å². The van der Waals surface area contributed by atoms with Gasteiger partial charge in [-0.3, -0.25) is 0 Å². The third-order valence-corrected chi connectivity index (χ3v) is 0. The summed E-state index contributed by atoms with van der Waals surface area (Å²) >= 11 is 0. The Morgan fingerprint density at radius 2 is 1.25 bits per heavy atom. The maximum absolute atomic E-state index is 8.00. The Balaban J connectivity index is -0.00000000500. The van der Waals surface area contributed by atoms with E-state index in [4.69, 9.17) is 4.79 Å². The van der Waals surface area contributed by atoms with Gasteiger partial charge in [-0.15, -0.1) is 0 Å². The van der Waals surface area contributed by atoms with Gasteiger partial charge in [0.2, 0.25) is 0 Å². The Morgan fingerprint density at radius 3 is 1.25 bits per heavy atom. The van der Waals surface area contributed by atoms with E-state index in [-0.39, 0.29) is 32.0 Å². The summed E-state index contributed by atoms with van der Waals surface area (Å²) in [5, 5.41) is 0. The van der Waals surface area contributed by atoms with Crippen LogP contribution in [0.1, 0.15) is 0 Å². The molecule has 0 aromatic carbocycles. The zero-order chi connectivity index (χ0) is 2.00. The van der Waals surface area contributed by atoms with Gasteiger partial charge in [0.05, 0.1) is 0 Å². The fraction of sp³-hybridized carbons (Fsp3) is 0. The summed E-state index contributed by atoms with van der Waals surface area (Å²) in [6, 6.07) is 0. The zero-order valence-electron chi connectivity index (χ0n) is 1.52. The number of rotatable bonds is 0. The van der Waals surface area contributed by atoms with Crippen LogP contribution in [0.5, 0.6) is 0 Å². The van der Waals surface area contributed by atoms with Gasteiger partial charge in [-0.05, 0) is 11.0 Å². The zero-order valence-corrected chi connectivity index (χ0v) is 3.53. The molecule has 0 aliphatic rings. The third-order valence-electron chi connectivity index (χ3n) is 0. The van der Waals surface area contributed by atoms with Crippen LogP contribution >= 0.6 is 0 Å². The molecule has 0 aromatic rings. The van der Waals surface area contributed by atoms with E-state index in [1.54, 1.807) is 0 Å². The Labute approximate surface area is 44.1 Å². The minimum Gasteiger partial charge on any atom is -0.307 e. The summed E-state index contributed by atoms with van der Waals surface area (Å²) in [5.41, 5.74) is 0. The van der Waals surface area contributed by atoms with E-state index in [0.717, 1.165) is 0 Å². The molecule has 0 unspecified atom stereocenters. The van der Waals surface area contributed by atoms with Crippen molar-refractivity contribution < 1.29 is 25.9 Å². The molecule has 4 heavy (non-hydrogen) atoms. The molecular weight excluding hydrogens is 152 g/mol. The van der Waals surface area contributed by atoms with E-state index in [1.165, 1.54) is 0 Å². The van der Waals surface area contributed by atoms with E-state index >= 15 is 0 Å². The quantitative estimate of drug-likeness (QED) is 0.386. The van der Waals surface area contributed by atoms with Crippen molar-refractivity contribution in [1.29, 1.82) is 0 Å². The second-order valence-electron chi connectivity index (χ2n) is 0. The van der Waals surface area contributed by atoms with Crippen molar-refractivity contribution in [2.75, 3.05) is 0 Å². The normalized spacial score (nSPS) is 1.00. The summed E-state index contributed by atoms with van der Waals surface area (Å²) < 4.78 is 0. The number of hydrogen-bond acceptors (Lipinski definition) is 1. The molecule has 0 aliphatic carbocycles. The van der Waals surface area contributed by atoms with Crippen molar-refractivity contribution in [3.8, 4) is 0 Å². The van der Waals surface area contributed by atoms with Crippen molar-refractivity contribution in [3.05, 3.63) is 0 Å². The molecular formula is CH6MoOSi. The van der Waals surface area contributed by atoms with Gasteiger partial charge in [0.15, 0.2) is 0 Å². The Morgan fingerprint density at radius 1 is 1.25 bits per heavy atom. The van der Waals surface area contributed by atoms with Gasteiger partial charge < -0.3 is 4.79 Å². The van der Waals surface area contributed by atoms with Crippen LogP contribution in [0.25, 0.3) is 0 Å². The van der Waals surface area contributed by atoms with Crippen LogP contribution in [-0.2, 0) is 25.9 Å². The molecule has 0 heterocycles. The Hall–Kier alpha value is 0.575. The molecule has 0 saturated heterocycles. The molecule has 0 atom stereocenters. The molecule has 0 radical (unpaired) electrons. The SMILES string of the molecule is C=O.[Mo].[SiH4]. The van der Waals surface area contributed by atoms with Gasteiger partial charge in [0.25, 0.3) is 0 Å². The van der Waals surface area contributed by atoms with Gasteiger partial charge in [0.1, 0.15) is 6.79 Å². The van der Waals surface area contributed by atoms with Crippen molar-refractivity contribution in [3.63, 3.8) is 0 Å². The second-order valence-corrected chi connectivity index (χ2v) is 0. The van der Waals surface area contributed by atoms with Crippen LogP contribution in [0.15, 0.2) is 0 Å². The standard InChI is InChI=1S/CH2O.Mo.H4Si/c1-2;;/h1H2;;1H4. The van der Waals surface area contributed by atoms with Gasteiger partial charge >= 0.3 is 0 Å². The first-order valence-electron chi connectivity index (χ1n) is 0.289. The van der Waals surface area contributed by atoms with Gasteiger partial charge in [-0.25, -0.2) is 0 Å². The van der Waals surface area contributed by atoms with E-state index < -0.39 is 0 Å². The predicted molar refractivity (Wildman–Crippen MR) is 18.5 cm³/mol. The summed E-state index contributed by atoms with van der Waals surface area (Å²) in [6.07, 6.45) is 0. The molecule has 0 bridgehead atoms. The first kappa shape index (κ1) is 23.6. The molecule has 0 spiro atoms. The topological polar surface area (TPSA) is 17.1 Å². The maximum Gasteiger partial charge on any atom is 0.106 e. The third kappa shape index (κ3) is 19.3. The molecule has 0 fully saturated rings. The van der Waals surface area contributed by atoms with E-state index in [1.807, 2.05) is 6.79 Å². The van der Waals surface area contributed by atoms with Crippen LogP contribution in [0, 0.1) is 0 Å². The summed E-state index contributed by atoms with van der Waals surface area (Å²) in [7, 11) is 0. The minimum atomic E-state index is 0. The molecule has 3 heteroatoms. The van der Waals surface area contributed by atoms with Crippen LogP contribution in [0.3, 0.4) is 0 Å². The van der Waals surface area contributed by atoms with Gasteiger partial charge in [0, 0.05) is 21.1 Å². The first-order chi connectivity index (χ1) is 1.00. The number of carbonyl (C=O) groups excluding carboxylic acids is 1.